The Morgan fingerprint density at radius 1 is 1.19 bits per heavy atom. The van der Waals surface area contributed by atoms with Gasteiger partial charge in [-0.05, 0) is 32.8 Å². The summed E-state index contributed by atoms with van der Waals surface area (Å²) >= 11 is 0. The van der Waals surface area contributed by atoms with Gasteiger partial charge in [0.15, 0.2) is 0 Å². The number of hydrogen-bond donors (Lipinski definition) is 2. The van der Waals surface area contributed by atoms with E-state index in [-0.39, 0.29) is 0 Å². The normalized spacial score (nSPS) is 10.7. The fourth-order valence-electron chi connectivity index (χ4n) is 2.45. The monoisotopic (exact) mass is 288 g/mol. The molecule has 2 heterocycles. The predicted molar refractivity (Wildman–Crippen MR) is 85.8 cm³/mol. The van der Waals surface area contributed by atoms with Gasteiger partial charge in [0.2, 0.25) is 0 Å². The Bertz CT molecular complexity index is 590. The van der Waals surface area contributed by atoms with Crippen LogP contribution in [0.4, 0.5) is 11.6 Å². The lowest BCUT2D eigenvalue weighted by Gasteiger charge is -2.13. The second-order valence-electron chi connectivity index (χ2n) is 5.08. The number of nitrogens with zero attached hydrogens (tertiary/aromatic N) is 4. The van der Waals surface area contributed by atoms with E-state index in [0.717, 1.165) is 48.8 Å². The first kappa shape index (κ1) is 15.3. The number of rotatable bonds is 7. The zero-order valence-electron chi connectivity index (χ0n) is 13.3. The van der Waals surface area contributed by atoms with E-state index in [1.807, 2.05) is 14.0 Å². The second-order valence-corrected chi connectivity index (χ2v) is 5.08. The summed E-state index contributed by atoms with van der Waals surface area (Å²) in [6.07, 6.45) is 3.50. The van der Waals surface area contributed by atoms with E-state index in [9.17, 15) is 0 Å². The molecule has 21 heavy (non-hydrogen) atoms. The summed E-state index contributed by atoms with van der Waals surface area (Å²) < 4.78 is 2.05. The van der Waals surface area contributed by atoms with Crippen LogP contribution in [0, 0.1) is 13.8 Å². The third kappa shape index (κ3) is 3.71. The molecule has 2 aromatic rings. The first-order valence-corrected chi connectivity index (χ1v) is 7.42. The van der Waals surface area contributed by atoms with E-state index in [1.165, 1.54) is 5.69 Å². The van der Waals surface area contributed by atoms with Crippen molar-refractivity contribution in [3.8, 4) is 0 Å². The SMILES string of the molecule is CCc1c(NC)ncnc1NCCCn1nc(C)cc1C. The van der Waals surface area contributed by atoms with Crippen LogP contribution in [0.15, 0.2) is 12.4 Å². The molecule has 0 fully saturated rings. The molecule has 0 radical (unpaired) electrons. The maximum atomic E-state index is 4.47. The molecule has 0 aliphatic rings. The van der Waals surface area contributed by atoms with Crippen molar-refractivity contribution in [1.82, 2.24) is 19.7 Å². The highest BCUT2D eigenvalue weighted by Crippen LogP contribution is 2.19. The maximum absolute atomic E-state index is 4.47. The van der Waals surface area contributed by atoms with Gasteiger partial charge in [0.05, 0.1) is 5.69 Å². The van der Waals surface area contributed by atoms with Crippen LogP contribution in [-0.4, -0.2) is 33.3 Å². The Kier molecular flexibility index (Phi) is 5.14. The van der Waals surface area contributed by atoms with Crippen molar-refractivity contribution in [2.45, 2.75) is 40.2 Å². The van der Waals surface area contributed by atoms with Crippen LogP contribution < -0.4 is 10.6 Å². The molecule has 0 amide bonds. The average Bonchev–Trinajstić information content (AvgIpc) is 2.81. The van der Waals surface area contributed by atoms with Crippen molar-refractivity contribution in [3.05, 3.63) is 29.3 Å². The highest BCUT2D eigenvalue weighted by atomic mass is 15.3. The van der Waals surface area contributed by atoms with Crippen LogP contribution in [-0.2, 0) is 13.0 Å². The lowest BCUT2D eigenvalue weighted by molar-refractivity contribution is 0.573. The molecule has 0 aromatic carbocycles. The number of hydrogen-bond acceptors (Lipinski definition) is 5. The Hall–Kier alpha value is -2.11. The Morgan fingerprint density at radius 2 is 1.95 bits per heavy atom. The minimum atomic E-state index is 0.867. The first-order chi connectivity index (χ1) is 10.2. The molecule has 2 N–H and O–H groups in total. The van der Waals surface area contributed by atoms with Crippen LogP contribution in [0.1, 0.15) is 30.3 Å². The molecule has 114 valence electrons. The molecule has 6 nitrogen and oxygen atoms in total. The predicted octanol–water partition coefficient (Wildman–Crippen LogP) is 2.40. The molecule has 0 aliphatic heterocycles. The van der Waals surface area contributed by atoms with Gasteiger partial charge in [0.25, 0.3) is 0 Å². The van der Waals surface area contributed by atoms with Gasteiger partial charge in [0.1, 0.15) is 18.0 Å². The van der Waals surface area contributed by atoms with E-state index >= 15 is 0 Å². The highest BCUT2D eigenvalue weighted by molar-refractivity contribution is 5.56. The zero-order valence-corrected chi connectivity index (χ0v) is 13.3. The van der Waals surface area contributed by atoms with Crippen molar-refractivity contribution < 1.29 is 0 Å². The van der Waals surface area contributed by atoms with Gasteiger partial charge in [-0.2, -0.15) is 5.10 Å². The van der Waals surface area contributed by atoms with Crippen LogP contribution in [0.3, 0.4) is 0 Å². The van der Waals surface area contributed by atoms with Crippen molar-refractivity contribution in [2.75, 3.05) is 24.2 Å². The van der Waals surface area contributed by atoms with E-state index < -0.39 is 0 Å². The van der Waals surface area contributed by atoms with Gasteiger partial charge >= 0.3 is 0 Å². The van der Waals surface area contributed by atoms with Gasteiger partial charge in [0, 0.05) is 31.4 Å². The van der Waals surface area contributed by atoms with E-state index in [2.05, 4.69) is 50.3 Å². The van der Waals surface area contributed by atoms with Gasteiger partial charge in [-0.3, -0.25) is 4.68 Å². The quantitative estimate of drug-likeness (QED) is 0.766. The summed E-state index contributed by atoms with van der Waals surface area (Å²) in [5.41, 5.74) is 3.41. The molecule has 6 heteroatoms. The summed E-state index contributed by atoms with van der Waals surface area (Å²) in [5, 5.41) is 11.0. The van der Waals surface area contributed by atoms with Crippen LogP contribution in [0.2, 0.25) is 0 Å². The van der Waals surface area contributed by atoms with E-state index in [1.54, 1.807) is 6.33 Å². The Morgan fingerprint density at radius 3 is 2.57 bits per heavy atom. The highest BCUT2D eigenvalue weighted by Gasteiger charge is 2.08. The van der Waals surface area contributed by atoms with Crippen LogP contribution in [0.25, 0.3) is 0 Å². The number of aromatic nitrogens is 4. The van der Waals surface area contributed by atoms with Crippen molar-refractivity contribution in [1.29, 1.82) is 0 Å². The zero-order chi connectivity index (χ0) is 15.2. The molecule has 2 rings (SSSR count). The molecule has 0 saturated heterocycles. The molecule has 0 bridgehead atoms. The van der Waals surface area contributed by atoms with Crippen molar-refractivity contribution >= 4 is 11.6 Å². The number of nitrogens with one attached hydrogen (secondary N) is 2. The molecule has 0 unspecified atom stereocenters. The fraction of sp³-hybridized carbons (Fsp3) is 0.533. The molecule has 0 saturated carbocycles. The van der Waals surface area contributed by atoms with Crippen molar-refractivity contribution in [2.24, 2.45) is 0 Å². The third-order valence-corrected chi connectivity index (χ3v) is 3.48. The third-order valence-electron chi connectivity index (χ3n) is 3.48. The summed E-state index contributed by atoms with van der Waals surface area (Å²) in [5.74, 6) is 1.82. The minimum Gasteiger partial charge on any atom is -0.373 e. The summed E-state index contributed by atoms with van der Waals surface area (Å²) in [6, 6.07) is 2.10. The number of anilines is 2. The fourth-order valence-corrected chi connectivity index (χ4v) is 2.45. The van der Waals surface area contributed by atoms with Crippen molar-refractivity contribution in [3.63, 3.8) is 0 Å². The van der Waals surface area contributed by atoms with Gasteiger partial charge in [-0.25, -0.2) is 9.97 Å². The smallest absolute Gasteiger partial charge is 0.134 e. The molecular weight excluding hydrogens is 264 g/mol. The standard InChI is InChI=1S/C15H24N6/c1-5-13-14(16-4)18-10-19-15(13)17-7-6-8-21-12(3)9-11(2)20-21/h9-10H,5-8H2,1-4H3,(H2,16,17,18,19). The van der Waals surface area contributed by atoms with Gasteiger partial charge in [-0.15, -0.1) is 0 Å². The van der Waals surface area contributed by atoms with Crippen LogP contribution in [0.5, 0.6) is 0 Å². The van der Waals surface area contributed by atoms with Gasteiger partial charge < -0.3 is 10.6 Å². The summed E-state index contributed by atoms with van der Waals surface area (Å²) in [6.45, 7) is 8.01. The second kappa shape index (κ2) is 7.06. The molecular formula is C15H24N6. The van der Waals surface area contributed by atoms with Gasteiger partial charge in [-0.1, -0.05) is 6.92 Å². The average molecular weight is 288 g/mol. The lowest BCUT2D eigenvalue weighted by Crippen LogP contribution is -2.12. The van der Waals surface area contributed by atoms with E-state index in [4.69, 9.17) is 0 Å². The molecule has 0 atom stereocenters. The Labute approximate surface area is 126 Å². The summed E-state index contributed by atoms with van der Waals surface area (Å²) in [4.78, 5) is 8.58. The molecule has 2 aromatic heterocycles. The van der Waals surface area contributed by atoms with E-state index in [0.29, 0.717) is 0 Å². The topological polar surface area (TPSA) is 67.7 Å². The maximum Gasteiger partial charge on any atom is 0.134 e. The first-order valence-electron chi connectivity index (χ1n) is 7.42. The molecule has 0 spiro atoms. The van der Waals surface area contributed by atoms with Crippen LogP contribution >= 0.6 is 0 Å². The summed E-state index contributed by atoms with van der Waals surface area (Å²) in [7, 11) is 1.88. The minimum absolute atomic E-state index is 0.867. The molecule has 0 aliphatic carbocycles. The Balaban J connectivity index is 1.90. The number of aryl methyl sites for hydroxylation is 3. The lowest BCUT2D eigenvalue weighted by atomic mass is 10.2. The largest absolute Gasteiger partial charge is 0.373 e.